The average Bonchev–Trinajstić information content (AvgIpc) is 3.49. The molecule has 0 aromatic heterocycles. The number of hydrogen-bond acceptors (Lipinski definition) is 7. The standard InChI is InChI=1S/C31H45Cl2N3O6S/c1-3-4-14-40-15-16-41-17-18-42-19-20-43(38,39)34-27-9-7-8-26(23-27)30(24-36-12-5-6-13-36)35(2)31(37)22-25-10-11-28(32)29(33)21-25/h7-11,21,23,30,34H,3-6,12-20,22,24H2,1-2H3/t30-/m1/s1. The van der Waals surface area contributed by atoms with Gasteiger partial charge in [-0.1, -0.05) is 54.7 Å². The van der Waals surface area contributed by atoms with Crippen LogP contribution in [0.4, 0.5) is 5.69 Å². The molecule has 43 heavy (non-hydrogen) atoms. The first-order valence-electron chi connectivity index (χ1n) is 14.9. The van der Waals surface area contributed by atoms with E-state index < -0.39 is 10.0 Å². The maximum atomic E-state index is 13.4. The van der Waals surface area contributed by atoms with Gasteiger partial charge in [-0.05, 0) is 67.7 Å². The van der Waals surface area contributed by atoms with Crippen molar-refractivity contribution in [1.29, 1.82) is 0 Å². The van der Waals surface area contributed by atoms with E-state index in [1.807, 2.05) is 6.07 Å². The molecule has 1 heterocycles. The number of amides is 1. The molecule has 1 amide bonds. The summed E-state index contributed by atoms with van der Waals surface area (Å²) in [5.41, 5.74) is 2.07. The van der Waals surface area contributed by atoms with Gasteiger partial charge < -0.3 is 24.0 Å². The van der Waals surface area contributed by atoms with Gasteiger partial charge in [-0.2, -0.15) is 0 Å². The first-order valence-corrected chi connectivity index (χ1v) is 17.3. The summed E-state index contributed by atoms with van der Waals surface area (Å²) in [4.78, 5) is 17.5. The monoisotopic (exact) mass is 657 g/mol. The van der Waals surface area contributed by atoms with Crippen LogP contribution in [0.1, 0.15) is 49.8 Å². The summed E-state index contributed by atoms with van der Waals surface area (Å²) in [6.45, 7) is 7.19. The summed E-state index contributed by atoms with van der Waals surface area (Å²) < 4.78 is 44.6. The van der Waals surface area contributed by atoms with Crippen LogP contribution in [0.2, 0.25) is 10.0 Å². The van der Waals surface area contributed by atoms with Gasteiger partial charge in [-0.15, -0.1) is 0 Å². The number of hydrogen-bond donors (Lipinski definition) is 1. The molecule has 1 aliphatic heterocycles. The summed E-state index contributed by atoms with van der Waals surface area (Å²) >= 11 is 12.2. The molecule has 1 saturated heterocycles. The van der Waals surface area contributed by atoms with Gasteiger partial charge in [0.1, 0.15) is 0 Å². The summed E-state index contributed by atoms with van der Waals surface area (Å²) in [5, 5.41) is 0.849. The van der Waals surface area contributed by atoms with Crippen molar-refractivity contribution in [2.75, 3.05) is 76.8 Å². The number of carbonyl (C=O) groups excluding carboxylic acids is 1. The third-order valence-electron chi connectivity index (χ3n) is 7.26. The Bertz CT molecular complexity index is 1240. The van der Waals surface area contributed by atoms with Crippen LogP contribution in [0.15, 0.2) is 42.5 Å². The molecule has 2 aromatic carbocycles. The Balaban J connectivity index is 1.55. The molecule has 240 valence electrons. The number of rotatable bonds is 20. The van der Waals surface area contributed by atoms with Gasteiger partial charge in [0.25, 0.3) is 0 Å². The van der Waals surface area contributed by atoms with Gasteiger partial charge in [-0.3, -0.25) is 9.52 Å². The van der Waals surface area contributed by atoms with Gasteiger partial charge >= 0.3 is 0 Å². The molecule has 1 N–H and O–H groups in total. The Labute approximate surface area is 266 Å². The molecule has 0 unspecified atom stereocenters. The molecule has 9 nitrogen and oxygen atoms in total. The minimum absolute atomic E-state index is 0.0505. The molecule has 1 fully saturated rings. The van der Waals surface area contributed by atoms with Crippen LogP contribution in [0.25, 0.3) is 0 Å². The van der Waals surface area contributed by atoms with Crippen LogP contribution < -0.4 is 4.72 Å². The normalized spacial score (nSPS) is 14.6. The van der Waals surface area contributed by atoms with Crippen molar-refractivity contribution in [3.63, 3.8) is 0 Å². The van der Waals surface area contributed by atoms with E-state index in [4.69, 9.17) is 37.4 Å². The number of carbonyl (C=O) groups is 1. The van der Waals surface area contributed by atoms with E-state index in [0.717, 1.165) is 56.5 Å². The van der Waals surface area contributed by atoms with Crippen molar-refractivity contribution in [3.05, 3.63) is 63.6 Å². The lowest BCUT2D eigenvalue weighted by atomic mass is 10.0. The number of anilines is 1. The highest BCUT2D eigenvalue weighted by molar-refractivity contribution is 7.92. The molecule has 3 rings (SSSR count). The second-order valence-electron chi connectivity index (χ2n) is 10.7. The Morgan fingerprint density at radius 2 is 1.63 bits per heavy atom. The Kier molecular flexibility index (Phi) is 15.5. The smallest absolute Gasteiger partial charge is 0.234 e. The quantitative estimate of drug-likeness (QED) is 0.190. The highest BCUT2D eigenvalue weighted by Crippen LogP contribution is 2.27. The highest BCUT2D eigenvalue weighted by atomic mass is 35.5. The Morgan fingerprint density at radius 1 is 0.953 bits per heavy atom. The van der Waals surface area contributed by atoms with Crippen molar-refractivity contribution in [2.24, 2.45) is 0 Å². The SMILES string of the molecule is CCCCOCCOCCOCCS(=O)(=O)Nc1cccc([C@@H](CN2CCCC2)N(C)C(=O)Cc2ccc(Cl)c(Cl)c2)c1. The van der Waals surface area contributed by atoms with E-state index in [1.165, 1.54) is 0 Å². The fourth-order valence-corrected chi connectivity index (χ4v) is 6.03. The fraction of sp³-hybridized carbons (Fsp3) is 0.581. The molecular weight excluding hydrogens is 613 g/mol. The topological polar surface area (TPSA) is 97.4 Å². The summed E-state index contributed by atoms with van der Waals surface area (Å²) in [6, 6.07) is 12.2. The van der Waals surface area contributed by atoms with Crippen LogP contribution in [-0.2, 0) is 35.4 Å². The number of ether oxygens (including phenoxy) is 3. The van der Waals surface area contributed by atoms with Crippen LogP contribution in [-0.4, -0.2) is 96.2 Å². The predicted molar refractivity (Wildman–Crippen MR) is 173 cm³/mol. The van der Waals surface area contributed by atoms with Crippen molar-refractivity contribution >= 4 is 44.8 Å². The first kappa shape index (κ1) is 35.6. The molecule has 0 spiro atoms. The summed E-state index contributed by atoms with van der Waals surface area (Å²) in [7, 11) is -1.86. The average molecular weight is 659 g/mol. The van der Waals surface area contributed by atoms with E-state index in [1.54, 1.807) is 48.3 Å². The third-order valence-corrected chi connectivity index (χ3v) is 9.25. The van der Waals surface area contributed by atoms with Crippen molar-refractivity contribution < 1.29 is 27.4 Å². The molecule has 1 aliphatic rings. The molecule has 0 bridgehead atoms. The van der Waals surface area contributed by atoms with Gasteiger partial charge in [0.15, 0.2) is 0 Å². The highest BCUT2D eigenvalue weighted by Gasteiger charge is 2.26. The van der Waals surface area contributed by atoms with Crippen LogP contribution in [0.5, 0.6) is 0 Å². The second kappa shape index (κ2) is 18.8. The molecule has 0 radical (unpaired) electrons. The zero-order chi connectivity index (χ0) is 31.1. The van der Waals surface area contributed by atoms with Gasteiger partial charge in [0.2, 0.25) is 15.9 Å². The van der Waals surface area contributed by atoms with E-state index in [0.29, 0.717) is 48.7 Å². The third kappa shape index (κ3) is 12.9. The lowest BCUT2D eigenvalue weighted by Gasteiger charge is -2.32. The largest absolute Gasteiger partial charge is 0.379 e. The summed E-state index contributed by atoms with van der Waals surface area (Å²) in [5.74, 6) is -0.255. The number of halogens is 2. The van der Waals surface area contributed by atoms with Gasteiger partial charge in [0.05, 0.1) is 61.3 Å². The molecule has 0 aliphatic carbocycles. The van der Waals surface area contributed by atoms with Crippen LogP contribution >= 0.6 is 23.2 Å². The van der Waals surface area contributed by atoms with E-state index in [2.05, 4.69) is 16.5 Å². The first-order chi connectivity index (χ1) is 20.7. The van der Waals surface area contributed by atoms with Crippen molar-refractivity contribution in [3.8, 4) is 0 Å². The van der Waals surface area contributed by atoms with E-state index in [-0.39, 0.29) is 30.7 Å². The van der Waals surface area contributed by atoms with Gasteiger partial charge in [0, 0.05) is 25.9 Å². The van der Waals surface area contributed by atoms with Crippen molar-refractivity contribution in [1.82, 2.24) is 9.80 Å². The molecule has 2 aromatic rings. The minimum atomic E-state index is -3.64. The van der Waals surface area contributed by atoms with Crippen LogP contribution in [0, 0.1) is 0 Å². The maximum absolute atomic E-state index is 13.4. The molecule has 12 heteroatoms. The minimum Gasteiger partial charge on any atom is -0.379 e. The fourth-order valence-electron chi connectivity index (χ4n) is 4.78. The summed E-state index contributed by atoms with van der Waals surface area (Å²) in [6.07, 6.45) is 4.54. The lowest BCUT2D eigenvalue weighted by molar-refractivity contribution is -0.131. The zero-order valence-electron chi connectivity index (χ0n) is 25.2. The molecular formula is C31H45Cl2N3O6S. The number of nitrogens with zero attached hydrogens (tertiary/aromatic N) is 2. The number of sulfonamides is 1. The predicted octanol–water partition coefficient (Wildman–Crippen LogP) is 5.42. The van der Waals surface area contributed by atoms with Crippen molar-refractivity contribution in [2.45, 2.75) is 45.1 Å². The number of likely N-dealkylation sites (tertiary alicyclic amines) is 1. The number of unbranched alkanes of at least 4 members (excludes halogenated alkanes) is 1. The number of benzene rings is 2. The molecule has 0 saturated carbocycles. The van der Waals surface area contributed by atoms with E-state index >= 15 is 0 Å². The lowest BCUT2D eigenvalue weighted by Crippen LogP contribution is -2.39. The zero-order valence-corrected chi connectivity index (χ0v) is 27.6. The Hall–Kier alpha value is -1.92. The molecule has 1 atom stereocenters. The second-order valence-corrected chi connectivity index (χ2v) is 13.3. The van der Waals surface area contributed by atoms with Gasteiger partial charge in [-0.25, -0.2) is 8.42 Å². The number of nitrogens with one attached hydrogen (secondary N) is 1. The number of likely N-dealkylation sites (N-methyl/N-ethyl adjacent to an activating group) is 1. The van der Waals surface area contributed by atoms with Crippen LogP contribution in [0.3, 0.4) is 0 Å². The maximum Gasteiger partial charge on any atom is 0.234 e. The Morgan fingerprint density at radius 3 is 2.30 bits per heavy atom. The van der Waals surface area contributed by atoms with E-state index in [9.17, 15) is 13.2 Å².